The van der Waals surface area contributed by atoms with Gasteiger partial charge in [-0.3, -0.25) is 4.79 Å². The number of benzene rings is 1. The number of nitrogens with one attached hydrogen (secondary N) is 2. The van der Waals surface area contributed by atoms with Crippen LogP contribution in [0.1, 0.15) is 24.9 Å². The molecule has 1 amide bonds. The largest absolute Gasteiger partial charge is 0.349 e. The van der Waals surface area contributed by atoms with Crippen LogP contribution in [-0.2, 0) is 14.8 Å². The molecular formula is C15H20N4O3S. The SMILES string of the molecule is C[C@H](NC(=O)CCNS(C)(=O)=O)c1ccccc1-n1cccn1. The van der Waals surface area contributed by atoms with Crippen molar-refractivity contribution in [3.63, 3.8) is 0 Å². The second kappa shape index (κ2) is 7.38. The molecule has 1 atom stereocenters. The van der Waals surface area contributed by atoms with Crippen molar-refractivity contribution in [1.29, 1.82) is 0 Å². The number of sulfonamides is 1. The van der Waals surface area contributed by atoms with E-state index < -0.39 is 10.0 Å². The van der Waals surface area contributed by atoms with Crippen LogP contribution in [0.15, 0.2) is 42.7 Å². The zero-order valence-electron chi connectivity index (χ0n) is 13.1. The summed E-state index contributed by atoms with van der Waals surface area (Å²) in [5.74, 6) is -0.219. The van der Waals surface area contributed by atoms with E-state index in [0.717, 1.165) is 17.5 Å². The predicted molar refractivity (Wildman–Crippen MR) is 87.6 cm³/mol. The van der Waals surface area contributed by atoms with Crippen LogP contribution in [0.3, 0.4) is 0 Å². The first-order valence-electron chi connectivity index (χ1n) is 7.20. The molecule has 1 heterocycles. The van der Waals surface area contributed by atoms with Crippen molar-refractivity contribution in [2.45, 2.75) is 19.4 Å². The summed E-state index contributed by atoms with van der Waals surface area (Å²) in [6, 6.07) is 9.27. The Balaban J connectivity index is 2.01. The molecule has 0 unspecified atom stereocenters. The van der Waals surface area contributed by atoms with Gasteiger partial charge < -0.3 is 5.32 Å². The quantitative estimate of drug-likeness (QED) is 0.788. The molecular weight excluding hydrogens is 316 g/mol. The molecule has 2 rings (SSSR count). The zero-order chi connectivity index (χ0) is 16.9. The number of para-hydroxylation sites is 1. The molecule has 0 aliphatic rings. The summed E-state index contributed by atoms with van der Waals surface area (Å²) >= 11 is 0. The van der Waals surface area contributed by atoms with Crippen LogP contribution in [0.2, 0.25) is 0 Å². The topological polar surface area (TPSA) is 93.1 Å². The van der Waals surface area contributed by atoms with Crippen molar-refractivity contribution in [3.8, 4) is 5.69 Å². The summed E-state index contributed by atoms with van der Waals surface area (Å²) in [5.41, 5.74) is 1.82. The monoisotopic (exact) mass is 336 g/mol. The maximum Gasteiger partial charge on any atom is 0.221 e. The molecule has 2 aromatic rings. The van der Waals surface area contributed by atoms with Gasteiger partial charge in [0.15, 0.2) is 0 Å². The molecule has 1 aromatic carbocycles. The third-order valence-corrected chi connectivity index (χ3v) is 3.98. The van der Waals surface area contributed by atoms with Crippen molar-refractivity contribution < 1.29 is 13.2 Å². The van der Waals surface area contributed by atoms with Gasteiger partial charge in [-0.05, 0) is 24.6 Å². The van der Waals surface area contributed by atoms with Gasteiger partial charge in [0.2, 0.25) is 15.9 Å². The van der Waals surface area contributed by atoms with Gasteiger partial charge in [0.1, 0.15) is 0 Å². The van der Waals surface area contributed by atoms with Crippen LogP contribution in [-0.4, -0.2) is 36.9 Å². The molecule has 7 nitrogen and oxygen atoms in total. The Hall–Kier alpha value is -2.19. The summed E-state index contributed by atoms with van der Waals surface area (Å²) in [6.45, 7) is 1.96. The smallest absolute Gasteiger partial charge is 0.221 e. The lowest BCUT2D eigenvalue weighted by atomic mass is 10.1. The van der Waals surface area contributed by atoms with Crippen LogP contribution in [0, 0.1) is 0 Å². The van der Waals surface area contributed by atoms with Crippen molar-refractivity contribution in [2.24, 2.45) is 0 Å². The van der Waals surface area contributed by atoms with Crippen molar-refractivity contribution in [1.82, 2.24) is 19.8 Å². The van der Waals surface area contributed by atoms with Gasteiger partial charge in [-0.15, -0.1) is 0 Å². The van der Waals surface area contributed by atoms with E-state index in [1.807, 2.05) is 43.5 Å². The minimum Gasteiger partial charge on any atom is -0.349 e. The number of carbonyl (C=O) groups is 1. The molecule has 124 valence electrons. The van der Waals surface area contributed by atoms with Crippen LogP contribution in [0.5, 0.6) is 0 Å². The van der Waals surface area contributed by atoms with Gasteiger partial charge in [0.05, 0.1) is 18.0 Å². The van der Waals surface area contributed by atoms with Gasteiger partial charge in [0.25, 0.3) is 0 Å². The maximum atomic E-state index is 11.9. The first kappa shape index (κ1) is 17.2. The third kappa shape index (κ3) is 5.19. The van der Waals surface area contributed by atoms with Crippen LogP contribution in [0.25, 0.3) is 5.69 Å². The highest BCUT2D eigenvalue weighted by Gasteiger charge is 2.14. The Morgan fingerprint density at radius 2 is 2.04 bits per heavy atom. The Kier molecular flexibility index (Phi) is 5.51. The van der Waals surface area contributed by atoms with E-state index in [2.05, 4.69) is 15.1 Å². The summed E-state index contributed by atoms with van der Waals surface area (Å²) in [7, 11) is -3.28. The summed E-state index contributed by atoms with van der Waals surface area (Å²) in [6.07, 6.45) is 4.68. The van der Waals surface area contributed by atoms with Gasteiger partial charge >= 0.3 is 0 Å². The molecule has 0 fully saturated rings. The Bertz CT molecular complexity index is 757. The van der Waals surface area contributed by atoms with Crippen LogP contribution >= 0.6 is 0 Å². The van der Waals surface area contributed by atoms with E-state index in [9.17, 15) is 13.2 Å². The number of hydrogen-bond donors (Lipinski definition) is 2. The second-order valence-corrected chi connectivity index (χ2v) is 7.05. The van der Waals surface area contributed by atoms with Gasteiger partial charge in [0, 0.05) is 25.4 Å². The molecule has 0 saturated carbocycles. The minimum atomic E-state index is -3.28. The summed E-state index contributed by atoms with van der Waals surface area (Å²) in [4.78, 5) is 11.9. The molecule has 8 heteroatoms. The molecule has 0 radical (unpaired) electrons. The molecule has 23 heavy (non-hydrogen) atoms. The first-order chi connectivity index (χ1) is 10.9. The molecule has 2 N–H and O–H groups in total. The number of aromatic nitrogens is 2. The van der Waals surface area contributed by atoms with Crippen molar-refractivity contribution >= 4 is 15.9 Å². The van der Waals surface area contributed by atoms with E-state index in [1.165, 1.54) is 0 Å². The van der Waals surface area contributed by atoms with E-state index in [4.69, 9.17) is 0 Å². The predicted octanol–water partition coefficient (Wildman–Crippen LogP) is 0.989. The Morgan fingerprint density at radius 3 is 2.70 bits per heavy atom. The zero-order valence-corrected chi connectivity index (χ0v) is 13.9. The highest BCUT2D eigenvalue weighted by molar-refractivity contribution is 7.88. The number of carbonyl (C=O) groups excluding carboxylic acids is 1. The fourth-order valence-corrected chi connectivity index (χ4v) is 2.69. The summed E-state index contributed by atoms with van der Waals surface area (Å²) in [5, 5.41) is 7.08. The first-order valence-corrected chi connectivity index (χ1v) is 9.09. The molecule has 0 saturated heterocycles. The molecule has 0 spiro atoms. The summed E-state index contributed by atoms with van der Waals surface area (Å²) < 4.78 is 26.0. The van der Waals surface area contributed by atoms with Crippen molar-refractivity contribution in [2.75, 3.05) is 12.8 Å². The van der Waals surface area contributed by atoms with E-state index in [1.54, 1.807) is 10.9 Å². The average Bonchev–Trinajstić information content (AvgIpc) is 2.99. The fourth-order valence-electron chi connectivity index (χ4n) is 2.22. The van der Waals surface area contributed by atoms with Crippen LogP contribution in [0.4, 0.5) is 0 Å². The number of hydrogen-bond acceptors (Lipinski definition) is 4. The molecule has 1 aromatic heterocycles. The van der Waals surface area contributed by atoms with Crippen molar-refractivity contribution in [3.05, 3.63) is 48.3 Å². The normalized spacial score (nSPS) is 12.8. The maximum absolute atomic E-state index is 11.9. The highest BCUT2D eigenvalue weighted by atomic mass is 32.2. The Morgan fingerprint density at radius 1 is 1.30 bits per heavy atom. The van der Waals surface area contributed by atoms with Gasteiger partial charge in [-0.2, -0.15) is 5.10 Å². The van der Waals surface area contributed by atoms with Gasteiger partial charge in [-0.25, -0.2) is 17.8 Å². The molecule has 0 aliphatic carbocycles. The lowest BCUT2D eigenvalue weighted by Gasteiger charge is -2.18. The standard InChI is InChI=1S/C15H20N4O3S/c1-12(18-15(20)8-10-17-23(2,21)22)13-6-3-4-7-14(13)19-11-5-9-16-19/h3-7,9,11-12,17H,8,10H2,1-2H3,(H,18,20)/t12-/m0/s1. The fraction of sp³-hybridized carbons (Fsp3) is 0.333. The molecule has 0 aliphatic heterocycles. The second-order valence-electron chi connectivity index (χ2n) is 5.22. The Labute approximate surface area is 135 Å². The minimum absolute atomic E-state index is 0.0815. The van der Waals surface area contributed by atoms with E-state index >= 15 is 0 Å². The van der Waals surface area contributed by atoms with Gasteiger partial charge in [-0.1, -0.05) is 18.2 Å². The number of amides is 1. The van der Waals surface area contributed by atoms with E-state index in [-0.39, 0.29) is 24.9 Å². The van der Waals surface area contributed by atoms with E-state index in [0.29, 0.717) is 0 Å². The third-order valence-electron chi connectivity index (χ3n) is 3.25. The average molecular weight is 336 g/mol. The lowest BCUT2D eigenvalue weighted by Crippen LogP contribution is -2.32. The number of nitrogens with zero attached hydrogens (tertiary/aromatic N) is 2. The lowest BCUT2D eigenvalue weighted by molar-refractivity contribution is -0.121. The van der Waals surface area contributed by atoms with Crippen LogP contribution < -0.4 is 10.0 Å². The number of rotatable bonds is 7. The molecule has 0 bridgehead atoms. The highest BCUT2D eigenvalue weighted by Crippen LogP contribution is 2.20.